The lowest BCUT2D eigenvalue weighted by Crippen LogP contribution is -1.97. The van der Waals surface area contributed by atoms with E-state index in [1.165, 1.54) is 32.1 Å². The van der Waals surface area contributed by atoms with Crippen molar-refractivity contribution in [3.8, 4) is 50.3 Å². The maximum absolute atomic E-state index is 6.27. The Morgan fingerprint density at radius 3 is 1.23 bits per heavy atom. The quantitative estimate of drug-likeness (QED) is 0.0954. The summed E-state index contributed by atoms with van der Waals surface area (Å²) in [5.74, 6) is 1.96. The zero-order valence-electron chi connectivity index (χ0n) is 34.6. The minimum atomic E-state index is 0.703. The van der Waals surface area contributed by atoms with E-state index in [4.69, 9.17) is 14.7 Å². The smallest absolute Gasteiger partial charge is 0.119 e. The molecule has 4 aromatic carbocycles. The standard InChI is InChI=1S/C55H48N6O/c1(3-14-22-51-56-35-36-57-51)2-4-15-37-62-42-25-23-41(24-26-42)55-49-33-31-47(60-49)53(39-18-10-6-11-19-39)45-29-27-43(58-45)52(38-16-8-5-9-17-38)44-28-30-46(59-44)54(40-20-12-7-13-21-40)48-32-34-50(55)61-48/h5-13,16-21,23-36,58,61H,1-4,14-15,22,37H2,(H,56,57). The van der Waals surface area contributed by atoms with E-state index in [0.29, 0.717) is 6.61 Å². The van der Waals surface area contributed by atoms with E-state index < -0.39 is 0 Å². The Morgan fingerprint density at radius 1 is 0.403 bits per heavy atom. The zero-order chi connectivity index (χ0) is 41.5. The number of aromatic nitrogens is 6. The maximum atomic E-state index is 6.27. The molecule has 8 aromatic rings. The number of benzene rings is 4. The summed E-state index contributed by atoms with van der Waals surface area (Å²) in [6, 6.07) is 48.7. The maximum Gasteiger partial charge on any atom is 0.119 e. The highest BCUT2D eigenvalue weighted by molar-refractivity contribution is 5.99. The van der Waals surface area contributed by atoms with Crippen molar-refractivity contribution in [2.24, 2.45) is 0 Å². The van der Waals surface area contributed by atoms with Crippen molar-refractivity contribution < 1.29 is 4.74 Å². The molecule has 10 rings (SSSR count). The molecule has 0 atom stereocenters. The number of ether oxygens (including phenoxy) is 1. The number of imidazole rings is 1. The van der Waals surface area contributed by atoms with Crippen LogP contribution < -0.4 is 4.74 Å². The molecule has 304 valence electrons. The summed E-state index contributed by atoms with van der Waals surface area (Å²) in [7, 11) is 0. The van der Waals surface area contributed by atoms with Gasteiger partial charge in [-0.2, -0.15) is 0 Å². The summed E-state index contributed by atoms with van der Waals surface area (Å²) in [4.78, 5) is 26.1. The van der Waals surface area contributed by atoms with Gasteiger partial charge < -0.3 is 19.7 Å². The third-order valence-corrected chi connectivity index (χ3v) is 11.7. The van der Waals surface area contributed by atoms with E-state index in [1.54, 1.807) is 0 Å². The molecular weight excluding hydrogens is 761 g/mol. The summed E-state index contributed by atoms with van der Waals surface area (Å²) in [6.45, 7) is 0.703. The summed E-state index contributed by atoms with van der Waals surface area (Å²) >= 11 is 0. The van der Waals surface area contributed by atoms with Crippen LogP contribution in [0.4, 0.5) is 0 Å². The highest BCUT2D eigenvalue weighted by Gasteiger charge is 2.19. The Hall–Kier alpha value is -7.51. The normalized spacial score (nSPS) is 11.9. The van der Waals surface area contributed by atoms with Crippen LogP contribution in [0, 0.1) is 0 Å². The first-order valence-electron chi connectivity index (χ1n) is 21.8. The van der Waals surface area contributed by atoms with Gasteiger partial charge in [0.2, 0.25) is 0 Å². The first kappa shape index (κ1) is 38.7. The van der Waals surface area contributed by atoms with Crippen molar-refractivity contribution in [2.75, 3.05) is 6.61 Å². The third kappa shape index (κ3) is 8.30. The van der Waals surface area contributed by atoms with E-state index in [0.717, 1.165) is 114 Å². The van der Waals surface area contributed by atoms with Crippen molar-refractivity contribution in [3.63, 3.8) is 0 Å². The van der Waals surface area contributed by atoms with Crippen LogP contribution in [-0.4, -0.2) is 36.5 Å². The Kier molecular flexibility index (Phi) is 11.2. The first-order valence-corrected chi connectivity index (χ1v) is 21.8. The van der Waals surface area contributed by atoms with Gasteiger partial charge >= 0.3 is 0 Å². The number of nitrogens with zero attached hydrogens (tertiary/aromatic N) is 3. The van der Waals surface area contributed by atoms with Gasteiger partial charge in [-0.05, 0) is 95.8 Å². The van der Waals surface area contributed by atoms with Crippen molar-refractivity contribution in [3.05, 3.63) is 181 Å². The number of rotatable bonds is 14. The second-order valence-electron chi connectivity index (χ2n) is 15.9. The van der Waals surface area contributed by atoms with Gasteiger partial charge in [-0.1, -0.05) is 129 Å². The van der Waals surface area contributed by atoms with Gasteiger partial charge in [-0.3, -0.25) is 0 Å². The monoisotopic (exact) mass is 808 g/mol. The first-order chi connectivity index (χ1) is 30.7. The molecule has 0 unspecified atom stereocenters. The largest absolute Gasteiger partial charge is 0.494 e. The summed E-state index contributed by atoms with van der Waals surface area (Å²) in [5, 5.41) is 0. The Morgan fingerprint density at radius 2 is 0.806 bits per heavy atom. The molecule has 0 spiro atoms. The molecule has 0 fully saturated rings. The fourth-order valence-electron chi connectivity index (χ4n) is 8.68. The van der Waals surface area contributed by atoms with Crippen LogP contribution in [-0.2, 0) is 6.42 Å². The van der Waals surface area contributed by atoms with E-state index in [9.17, 15) is 0 Å². The average Bonchev–Trinajstić information content (AvgIpc) is 4.19. The molecule has 6 heterocycles. The van der Waals surface area contributed by atoms with Gasteiger partial charge in [0.25, 0.3) is 0 Å². The zero-order valence-corrected chi connectivity index (χ0v) is 34.6. The molecule has 7 nitrogen and oxygen atoms in total. The predicted octanol–water partition coefficient (Wildman–Crippen LogP) is 14.0. The van der Waals surface area contributed by atoms with E-state index in [2.05, 4.69) is 184 Å². The molecule has 0 radical (unpaired) electrons. The summed E-state index contributed by atoms with van der Waals surface area (Å²) in [5.41, 5.74) is 15.9. The molecule has 0 amide bonds. The third-order valence-electron chi connectivity index (χ3n) is 11.7. The number of H-pyrrole nitrogens is 3. The van der Waals surface area contributed by atoms with Crippen LogP contribution in [0.15, 0.2) is 152 Å². The molecule has 2 aliphatic rings. The number of nitrogens with one attached hydrogen (secondary N) is 3. The highest BCUT2D eigenvalue weighted by atomic mass is 16.5. The summed E-state index contributed by atoms with van der Waals surface area (Å²) < 4.78 is 6.27. The lowest BCUT2D eigenvalue weighted by molar-refractivity contribution is 0.304. The van der Waals surface area contributed by atoms with Crippen LogP contribution in [0.5, 0.6) is 5.75 Å². The molecule has 2 aliphatic heterocycles. The Balaban J connectivity index is 1.06. The molecule has 0 saturated carbocycles. The lowest BCUT2D eigenvalue weighted by atomic mass is 10.0. The van der Waals surface area contributed by atoms with E-state index in [1.807, 2.05) is 12.4 Å². The van der Waals surface area contributed by atoms with Gasteiger partial charge in [0, 0.05) is 63.1 Å². The molecule has 0 saturated heterocycles. The van der Waals surface area contributed by atoms with Crippen LogP contribution in [0.3, 0.4) is 0 Å². The predicted molar refractivity (Wildman–Crippen MR) is 256 cm³/mol. The van der Waals surface area contributed by atoms with Crippen LogP contribution >= 0.6 is 0 Å². The number of fused-ring (bicyclic) bond motifs is 8. The topological polar surface area (TPSA) is 95.3 Å². The van der Waals surface area contributed by atoms with Crippen LogP contribution in [0.2, 0.25) is 0 Å². The van der Waals surface area contributed by atoms with Crippen LogP contribution in [0.25, 0.3) is 90.9 Å². The van der Waals surface area contributed by atoms with Crippen molar-refractivity contribution in [2.45, 2.75) is 44.9 Å². The van der Waals surface area contributed by atoms with E-state index >= 15 is 0 Å². The number of hydrogen-bond donors (Lipinski definition) is 3. The molecule has 3 N–H and O–H groups in total. The van der Waals surface area contributed by atoms with Crippen molar-refractivity contribution >= 4 is 46.4 Å². The SMILES string of the molecule is C1=Cc2nc1c(-c1ccccc1)c1ccc([nH]1)c(-c1ccccc1)c1nc(c(-c3ccc(OCCCCCCCCc4ncc[nH]4)cc3)c3ccc([nH]3)c2-c2ccccc2)C=C1. The fourth-order valence-corrected chi connectivity index (χ4v) is 8.68. The van der Waals surface area contributed by atoms with Gasteiger partial charge in [0.15, 0.2) is 0 Å². The number of aromatic amines is 3. The van der Waals surface area contributed by atoms with Gasteiger partial charge in [-0.15, -0.1) is 0 Å². The Labute approximate surface area is 362 Å². The number of unbranched alkanes of at least 4 members (excludes halogenated alkanes) is 5. The highest BCUT2D eigenvalue weighted by Crippen LogP contribution is 2.38. The fraction of sp³-hybridized carbons (Fsp3) is 0.145. The van der Waals surface area contributed by atoms with Crippen molar-refractivity contribution in [1.82, 2.24) is 29.9 Å². The second-order valence-corrected chi connectivity index (χ2v) is 15.9. The molecular formula is C55H48N6O. The molecule has 7 heteroatoms. The minimum Gasteiger partial charge on any atom is -0.494 e. The lowest BCUT2D eigenvalue weighted by Gasteiger charge is -2.09. The molecule has 8 bridgehead atoms. The van der Waals surface area contributed by atoms with Gasteiger partial charge in [-0.25, -0.2) is 15.0 Å². The Bertz CT molecular complexity index is 2980. The van der Waals surface area contributed by atoms with Crippen LogP contribution in [0.1, 0.15) is 67.1 Å². The minimum absolute atomic E-state index is 0.703. The number of aryl methyl sites for hydroxylation is 1. The molecule has 62 heavy (non-hydrogen) atoms. The van der Waals surface area contributed by atoms with E-state index in [-0.39, 0.29) is 0 Å². The average molecular weight is 809 g/mol. The molecule has 4 aromatic heterocycles. The van der Waals surface area contributed by atoms with Gasteiger partial charge in [0.1, 0.15) is 11.6 Å². The summed E-state index contributed by atoms with van der Waals surface area (Å²) in [6.07, 6.45) is 20.4. The number of hydrogen-bond acceptors (Lipinski definition) is 4. The molecule has 0 aliphatic carbocycles. The van der Waals surface area contributed by atoms with Gasteiger partial charge in [0.05, 0.1) is 29.4 Å². The second kappa shape index (κ2) is 18.0. The van der Waals surface area contributed by atoms with Crippen molar-refractivity contribution in [1.29, 1.82) is 0 Å².